The molecule has 1 rings (SSSR count). The first kappa shape index (κ1) is 11.4. The Bertz CT molecular complexity index is 436. The lowest BCUT2D eigenvalue weighted by atomic mass is 10.1. The largest absolute Gasteiger partial charge is 0.396 e. The molecule has 0 aliphatic carbocycles. The molecule has 0 spiro atoms. The average molecular weight is 233 g/mol. The number of anilines is 1. The molecule has 0 radical (unpaired) electrons. The number of hydrogen-bond donors (Lipinski definition) is 1. The molecule has 0 bridgehead atoms. The van der Waals surface area contributed by atoms with Gasteiger partial charge in [0.1, 0.15) is 0 Å². The molecule has 0 fully saturated rings. The zero-order chi connectivity index (χ0) is 11.6. The Morgan fingerprint density at radius 2 is 2.20 bits per heavy atom. The maximum atomic E-state index is 12.9. The SMILES string of the molecule is Nc1cc(C(=O)CCl)c([N+](=O)[O-])cc1F. The third-order valence-electron chi connectivity index (χ3n) is 1.73. The number of nitro benzene ring substituents is 1. The van der Waals surface area contributed by atoms with Crippen molar-refractivity contribution in [1.29, 1.82) is 0 Å². The summed E-state index contributed by atoms with van der Waals surface area (Å²) >= 11 is 5.25. The van der Waals surface area contributed by atoms with Crippen molar-refractivity contribution in [2.75, 3.05) is 11.6 Å². The summed E-state index contributed by atoms with van der Waals surface area (Å²) in [6.07, 6.45) is 0. The fraction of sp³-hybridized carbons (Fsp3) is 0.125. The number of alkyl halides is 1. The summed E-state index contributed by atoms with van der Waals surface area (Å²) in [6.45, 7) is 0. The Morgan fingerprint density at radius 1 is 1.60 bits per heavy atom. The maximum Gasteiger partial charge on any atom is 0.283 e. The predicted octanol–water partition coefficient (Wildman–Crippen LogP) is 1.74. The summed E-state index contributed by atoms with van der Waals surface area (Å²) in [5, 5.41) is 10.5. The van der Waals surface area contributed by atoms with E-state index in [-0.39, 0.29) is 11.3 Å². The molecule has 5 nitrogen and oxygen atoms in total. The van der Waals surface area contributed by atoms with Crippen LogP contribution in [0.1, 0.15) is 10.4 Å². The minimum absolute atomic E-state index is 0.283. The number of nitrogens with zero attached hydrogens (tertiary/aromatic N) is 1. The summed E-state index contributed by atoms with van der Waals surface area (Å²) < 4.78 is 12.9. The highest BCUT2D eigenvalue weighted by molar-refractivity contribution is 6.31. The molecule has 2 N–H and O–H groups in total. The van der Waals surface area contributed by atoms with Crippen molar-refractivity contribution < 1.29 is 14.1 Å². The molecule has 1 aromatic carbocycles. The first-order chi connectivity index (χ1) is 6.97. The number of Topliss-reactive ketones (excluding diaryl/α,β-unsaturated/α-hetero) is 1. The lowest BCUT2D eigenvalue weighted by Crippen LogP contribution is -2.07. The molecule has 0 saturated heterocycles. The van der Waals surface area contributed by atoms with Gasteiger partial charge in [0.15, 0.2) is 11.6 Å². The number of benzene rings is 1. The predicted molar refractivity (Wildman–Crippen MR) is 52.5 cm³/mol. The average Bonchev–Trinajstić information content (AvgIpc) is 2.20. The lowest BCUT2D eigenvalue weighted by Gasteiger charge is -2.02. The van der Waals surface area contributed by atoms with Gasteiger partial charge in [-0.05, 0) is 6.07 Å². The van der Waals surface area contributed by atoms with Crippen LogP contribution in [0.25, 0.3) is 0 Å². The fourth-order valence-corrected chi connectivity index (χ4v) is 1.17. The molecule has 15 heavy (non-hydrogen) atoms. The molecule has 0 aromatic heterocycles. The monoisotopic (exact) mass is 232 g/mol. The van der Waals surface area contributed by atoms with E-state index in [4.69, 9.17) is 17.3 Å². The lowest BCUT2D eigenvalue weighted by molar-refractivity contribution is -0.385. The normalized spacial score (nSPS) is 10.0. The second kappa shape index (κ2) is 4.22. The van der Waals surface area contributed by atoms with Crippen LogP contribution >= 0.6 is 11.6 Å². The molecule has 0 atom stereocenters. The highest BCUT2D eigenvalue weighted by atomic mass is 35.5. The minimum atomic E-state index is -0.937. The molecule has 0 amide bonds. The van der Waals surface area contributed by atoms with Gasteiger partial charge in [0.2, 0.25) is 0 Å². The van der Waals surface area contributed by atoms with Crippen LogP contribution in [0.5, 0.6) is 0 Å². The van der Waals surface area contributed by atoms with Crippen molar-refractivity contribution in [3.05, 3.63) is 33.6 Å². The summed E-state index contributed by atoms with van der Waals surface area (Å²) in [7, 11) is 0. The van der Waals surface area contributed by atoms with Gasteiger partial charge in [-0.1, -0.05) is 0 Å². The van der Waals surface area contributed by atoms with Crippen LogP contribution in [-0.4, -0.2) is 16.6 Å². The van der Waals surface area contributed by atoms with Crippen LogP contribution in [-0.2, 0) is 0 Å². The van der Waals surface area contributed by atoms with Crippen molar-refractivity contribution in [3.63, 3.8) is 0 Å². The summed E-state index contributed by atoms with van der Waals surface area (Å²) in [6, 6.07) is 1.52. The number of ketones is 1. The van der Waals surface area contributed by atoms with E-state index < -0.39 is 28.1 Å². The first-order valence-corrected chi connectivity index (χ1v) is 4.33. The molecule has 0 aliphatic rings. The Morgan fingerprint density at radius 3 is 2.67 bits per heavy atom. The molecule has 80 valence electrons. The zero-order valence-corrected chi connectivity index (χ0v) is 8.12. The summed E-state index contributed by atoms with van der Waals surface area (Å²) in [5.74, 6) is -2.03. The number of nitro groups is 1. The molecule has 0 aliphatic heterocycles. The van der Waals surface area contributed by atoms with Crippen LogP contribution in [0.15, 0.2) is 12.1 Å². The quantitative estimate of drug-likeness (QED) is 0.283. The maximum absolute atomic E-state index is 12.9. The van der Waals surface area contributed by atoms with Gasteiger partial charge < -0.3 is 5.73 Å². The molecule has 0 unspecified atom stereocenters. The smallest absolute Gasteiger partial charge is 0.283 e. The Labute approximate surface area is 88.8 Å². The van der Waals surface area contributed by atoms with Gasteiger partial charge in [-0.3, -0.25) is 14.9 Å². The van der Waals surface area contributed by atoms with Crippen LogP contribution in [0.4, 0.5) is 15.8 Å². The van der Waals surface area contributed by atoms with Gasteiger partial charge in [-0.15, -0.1) is 11.6 Å². The third-order valence-corrected chi connectivity index (χ3v) is 1.98. The van der Waals surface area contributed by atoms with Gasteiger partial charge in [0, 0.05) is 0 Å². The molecule has 0 saturated carbocycles. The van der Waals surface area contributed by atoms with E-state index in [1.165, 1.54) is 0 Å². The number of halogens is 2. The summed E-state index contributed by atoms with van der Waals surface area (Å²) in [4.78, 5) is 20.8. The van der Waals surface area contributed by atoms with Crippen molar-refractivity contribution in [3.8, 4) is 0 Å². The van der Waals surface area contributed by atoms with E-state index in [1.807, 2.05) is 0 Å². The van der Waals surface area contributed by atoms with Crippen molar-refractivity contribution in [2.24, 2.45) is 0 Å². The van der Waals surface area contributed by atoms with Gasteiger partial charge in [0.05, 0.1) is 28.1 Å². The molecule has 0 heterocycles. The number of nitrogens with two attached hydrogens (primary N) is 1. The Kier molecular flexibility index (Phi) is 3.21. The van der Waals surface area contributed by atoms with Crippen LogP contribution in [0.2, 0.25) is 0 Å². The number of hydrogen-bond acceptors (Lipinski definition) is 4. The van der Waals surface area contributed by atoms with Crippen molar-refractivity contribution in [1.82, 2.24) is 0 Å². The van der Waals surface area contributed by atoms with E-state index in [1.54, 1.807) is 0 Å². The van der Waals surface area contributed by atoms with E-state index in [0.717, 1.165) is 6.07 Å². The van der Waals surface area contributed by atoms with Gasteiger partial charge >= 0.3 is 0 Å². The van der Waals surface area contributed by atoms with Gasteiger partial charge in [0.25, 0.3) is 5.69 Å². The molecule has 1 aromatic rings. The van der Waals surface area contributed by atoms with E-state index >= 15 is 0 Å². The van der Waals surface area contributed by atoms with Crippen molar-refractivity contribution in [2.45, 2.75) is 0 Å². The van der Waals surface area contributed by atoms with E-state index in [2.05, 4.69) is 0 Å². The van der Waals surface area contributed by atoms with Crippen LogP contribution in [0, 0.1) is 15.9 Å². The number of rotatable bonds is 3. The number of carbonyl (C=O) groups is 1. The Balaban J connectivity index is 3.41. The summed E-state index contributed by atoms with van der Waals surface area (Å²) in [5.41, 5.74) is 3.95. The topological polar surface area (TPSA) is 86.2 Å². The second-order valence-corrected chi connectivity index (χ2v) is 2.97. The minimum Gasteiger partial charge on any atom is -0.396 e. The van der Waals surface area contributed by atoms with Crippen molar-refractivity contribution >= 4 is 28.8 Å². The first-order valence-electron chi connectivity index (χ1n) is 3.80. The van der Waals surface area contributed by atoms with E-state index in [9.17, 15) is 19.3 Å². The third kappa shape index (κ3) is 2.21. The van der Waals surface area contributed by atoms with Crippen LogP contribution in [0.3, 0.4) is 0 Å². The van der Waals surface area contributed by atoms with Gasteiger partial charge in [-0.25, -0.2) is 4.39 Å². The molecular formula is C8H6ClFN2O3. The zero-order valence-electron chi connectivity index (χ0n) is 7.37. The fourth-order valence-electron chi connectivity index (χ4n) is 1.03. The van der Waals surface area contributed by atoms with E-state index in [0.29, 0.717) is 6.07 Å². The highest BCUT2D eigenvalue weighted by Gasteiger charge is 2.21. The van der Waals surface area contributed by atoms with Gasteiger partial charge in [-0.2, -0.15) is 0 Å². The molecule has 7 heteroatoms. The highest BCUT2D eigenvalue weighted by Crippen LogP contribution is 2.24. The second-order valence-electron chi connectivity index (χ2n) is 2.70. The standard InChI is InChI=1S/C8H6ClFN2O3/c9-3-8(13)4-1-6(11)5(10)2-7(4)12(14)15/h1-2H,3,11H2. The number of carbonyl (C=O) groups excluding carboxylic acids is 1. The Hall–Kier alpha value is -1.69. The molecular weight excluding hydrogens is 227 g/mol. The van der Waals surface area contributed by atoms with Crippen LogP contribution < -0.4 is 5.73 Å². The number of nitrogen functional groups attached to an aromatic ring is 1.